The maximum absolute atomic E-state index is 13.2. The summed E-state index contributed by atoms with van der Waals surface area (Å²) in [7, 11) is -2.55. The van der Waals surface area contributed by atoms with Crippen molar-refractivity contribution in [1.29, 1.82) is 0 Å². The van der Waals surface area contributed by atoms with Gasteiger partial charge in [0.15, 0.2) is 16.7 Å². The van der Waals surface area contributed by atoms with E-state index in [1.165, 1.54) is 4.90 Å². The summed E-state index contributed by atoms with van der Waals surface area (Å²) in [5, 5.41) is 0.0487. The quantitative estimate of drug-likeness (QED) is 0.330. The molecule has 34 heavy (non-hydrogen) atoms. The standard InChI is InChI=1S/C24H27FN2O5S2/c1-4-6-7-14-32-21-15-17(8-13-20(21)31-3)16-22-23(28)27(5-2)24(33-22)26-34(29,30)19-11-9-18(25)10-12-19/h8-13,15-16H,4-7,14H2,1-3H3/b22-16-,26-24?. The van der Waals surface area contributed by atoms with Crippen molar-refractivity contribution in [3.63, 3.8) is 0 Å². The van der Waals surface area contributed by atoms with Gasteiger partial charge in [0.2, 0.25) is 0 Å². The number of benzene rings is 2. The number of hydrogen-bond acceptors (Lipinski definition) is 6. The van der Waals surface area contributed by atoms with E-state index < -0.39 is 15.8 Å². The first-order chi connectivity index (χ1) is 16.3. The van der Waals surface area contributed by atoms with Crippen molar-refractivity contribution in [2.45, 2.75) is 38.0 Å². The van der Waals surface area contributed by atoms with Crippen LogP contribution < -0.4 is 9.47 Å². The summed E-state index contributed by atoms with van der Waals surface area (Å²) < 4.78 is 53.6. The summed E-state index contributed by atoms with van der Waals surface area (Å²) in [6.45, 7) is 4.65. The molecule has 0 spiro atoms. The van der Waals surface area contributed by atoms with Gasteiger partial charge in [-0.2, -0.15) is 8.42 Å². The third-order valence-electron chi connectivity index (χ3n) is 5.00. The topological polar surface area (TPSA) is 85.3 Å². The largest absolute Gasteiger partial charge is 0.493 e. The zero-order valence-electron chi connectivity index (χ0n) is 19.3. The van der Waals surface area contributed by atoms with Gasteiger partial charge in [-0.05, 0) is 73.1 Å². The SMILES string of the molecule is CCCCCOc1cc(/C=C2\SC(=NS(=O)(=O)c3ccc(F)cc3)N(CC)C2=O)ccc1OC. The molecule has 1 saturated heterocycles. The van der Waals surface area contributed by atoms with E-state index in [1.807, 2.05) is 0 Å². The Kier molecular flexibility index (Phi) is 8.73. The van der Waals surface area contributed by atoms with Crippen LogP contribution in [0.3, 0.4) is 0 Å². The second kappa shape index (κ2) is 11.5. The number of amidine groups is 1. The normalized spacial score (nSPS) is 16.5. The lowest BCUT2D eigenvalue weighted by molar-refractivity contribution is -0.122. The highest BCUT2D eigenvalue weighted by Crippen LogP contribution is 2.35. The number of rotatable bonds is 10. The van der Waals surface area contributed by atoms with Gasteiger partial charge in [-0.1, -0.05) is 25.8 Å². The Labute approximate surface area is 203 Å². The molecule has 1 aliphatic heterocycles. The minimum absolute atomic E-state index is 0.0487. The molecule has 0 saturated carbocycles. The predicted molar refractivity (Wildman–Crippen MR) is 132 cm³/mol. The second-order valence-electron chi connectivity index (χ2n) is 7.43. The Bertz CT molecular complexity index is 1190. The van der Waals surface area contributed by atoms with E-state index in [9.17, 15) is 17.6 Å². The molecular weight excluding hydrogens is 479 g/mol. The maximum atomic E-state index is 13.2. The molecule has 2 aromatic rings. The first kappa shape index (κ1) is 25.8. The Morgan fingerprint density at radius 3 is 2.47 bits per heavy atom. The van der Waals surface area contributed by atoms with E-state index in [-0.39, 0.29) is 22.5 Å². The molecule has 0 aromatic heterocycles. The molecule has 7 nitrogen and oxygen atoms in total. The van der Waals surface area contributed by atoms with E-state index in [2.05, 4.69) is 11.3 Å². The molecule has 0 aliphatic carbocycles. The molecule has 2 aromatic carbocycles. The van der Waals surface area contributed by atoms with Gasteiger partial charge in [0.1, 0.15) is 5.82 Å². The lowest BCUT2D eigenvalue weighted by Gasteiger charge is -2.12. The van der Waals surface area contributed by atoms with Crippen molar-refractivity contribution in [1.82, 2.24) is 4.90 Å². The summed E-state index contributed by atoms with van der Waals surface area (Å²) >= 11 is 0.973. The summed E-state index contributed by atoms with van der Waals surface area (Å²) in [6.07, 6.45) is 4.74. The summed E-state index contributed by atoms with van der Waals surface area (Å²) in [6, 6.07) is 9.72. The molecule has 1 heterocycles. The van der Waals surface area contributed by atoms with Crippen LogP contribution in [-0.2, 0) is 14.8 Å². The number of carbonyl (C=O) groups excluding carboxylic acids is 1. The van der Waals surface area contributed by atoms with E-state index >= 15 is 0 Å². The Balaban J connectivity index is 1.88. The molecule has 182 valence electrons. The van der Waals surface area contributed by atoms with Crippen LogP contribution in [0.15, 0.2) is 56.7 Å². The molecule has 1 aliphatic rings. The molecule has 10 heteroatoms. The molecule has 0 unspecified atom stereocenters. The van der Waals surface area contributed by atoms with Crippen molar-refractivity contribution < 1.29 is 27.1 Å². The Morgan fingerprint density at radius 1 is 1.09 bits per heavy atom. The number of likely N-dealkylation sites (N-methyl/N-ethyl adjacent to an activating group) is 1. The number of ether oxygens (including phenoxy) is 2. The summed E-state index contributed by atoms with van der Waals surface area (Å²) in [5.41, 5.74) is 0.709. The molecule has 1 amide bonds. The fourth-order valence-corrected chi connectivity index (χ4v) is 5.44. The molecule has 0 radical (unpaired) electrons. The zero-order chi connectivity index (χ0) is 24.7. The van der Waals surface area contributed by atoms with Gasteiger partial charge in [-0.25, -0.2) is 4.39 Å². The van der Waals surface area contributed by atoms with Crippen LogP contribution >= 0.6 is 11.8 Å². The Hall–Kier alpha value is -2.85. The molecule has 0 atom stereocenters. The van der Waals surface area contributed by atoms with E-state index in [4.69, 9.17) is 9.47 Å². The highest BCUT2D eigenvalue weighted by Gasteiger charge is 2.34. The predicted octanol–water partition coefficient (Wildman–Crippen LogP) is 5.08. The van der Waals surface area contributed by atoms with Crippen LogP contribution in [0.4, 0.5) is 4.39 Å². The molecule has 1 fully saturated rings. The van der Waals surface area contributed by atoms with Crippen LogP contribution in [0.5, 0.6) is 11.5 Å². The van der Waals surface area contributed by atoms with Crippen molar-refractivity contribution in [2.24, 2.45) is 4.40 Å². The highest BCUT2D eigenvalue weighted by atomic mass is 32.2. The number of halogens is 1. The van der Waals surface area contributed by atoms with Crippen molar-refractivity contribution in [3.05, 3.63) is 58.8 Å². The zero-order valence-corrected chi connectivity index (χ0v) is 20.9. The lowest BCUT2D eigenvalue weighted by Crippen LogP contribution is -2.29. The van der Waals surface area contributed by atoms with Gasteiger partial charge in [0.25, 0.3) is 15.9 Å². The minimum Gasteiger partial charge on any atom is -0.493 e. The van der Waals surface area contributed by atoms with Crippen LogP contribution in [-0.4, -0.2) is 44.7 Å². The average Bonchev–Trinajstić information content (AvgIpc) is 3.10. The lowest BCUT2D eigenvalue weighted by atomic mass is 10.2. The summed E-state index contributed by atoms with van der Waals surface area (Å²) in [5.74, 6) is 0.267. The minimum atomic E-state index is -4.11. The van der Waals surface area contributed by atoms with E-state index in [1.54, 1.807) is 38.3 Å². The fourth-order valence-electron chi connectivity index (χ4n) is 3.20. The second-order valence-corrected chi connectivity index (χ2v) is 10.0. The number of thioether (sulfide) groups is 1. The van der Waals surface area contributed by atoms with Crippen LogP contribution in [0, 0.1) is 5.82 Å². The molecule has 0 bridgehead atoms. The van der Waals surface area contributed by atoms with Gasteiger partial charge in [0, 0.05) is 6.54 Å². The fraction of sp³-hybridized carbons (Fsp3) is 0.333. The average molecular weight is 507 g/mol. The number of amides is 1. The number of carbonyl (C=O) groups is 1. The molecule has 3 rings (SSSR count). The number of sulfonamides is 1. The number of unbranched alkanes of at least 4 members (excludes halogenated alkanes) is 2. The van der Waals surface area contributed by atoms with Crippen molar-refractivity contribution in [2.75, 3.05) is 20.3 Å². The van der Waals surface area contributed by atoms with Gasteiger partial charge >= 0.3 is 0 Å². The number of nitrogens with zero attached hydrogens (tertiary/aromatic N) is 2. The van der Waals surface area contributed by atoms with Crippen LogP contribution in [0.1, 0.15) is 38.7 Å². The van der Waals surface area contributed by atoms with Crippen molar-refractivity contribution in [3.8, 4) is 11.5 Å². The smallest absolute Gasteiger partial charge is 0.284 e. The Morgan fingerprint density at radius 2 is 1.82 bits per heavy atom. The van der Waals surface area contributed by atoms with Crippen LogP contribution in [0.2, 0.25) is 0 Å². The van der Waals surface area contributed by atoms with E-state index in [0.29, 0.717) is 28.6 Å². The van der Waals surface area contributed by atoms with Gasteiger partial charge in [-0.15, -0.1) is 4.40 Å². The van der Waals surface area contributed by atoms with Crippen molar-refractivity contribution >= 4 is 38.9 Å². The third kappa shape index (κ3) is 6.18. The van der Waals surface area contributed by atoms with E-state index in [0.717, 1.165) is 55.3 Å². The maximum Gasteiger partial charge on any atom is 0.284 e. The summed E-state index contributed by atoms with van der Waals surface area (Å²) in [4.78, 5) is 14.4. The van der Waals surface area contributed by atoms with Gasteiger partial charge < -0.3 is 9.47 Å². The third-order valence-corrected chi connectivity index (χ3v) is 7.41. The van der Waals surface area contributed by atoms with Gasteiger partial charge in [0.05, 0.1) is 23.5 Å². The number of methoxy groups -OCH3 is 1. The monoisotopic (exact) mass is 506 g/mol. The van der Waals surface area contributed by atoms with Gasteiger partial charge in [-0.3, -0.25) is 9.69 Å². The molecule has 0 N–H and O–H groups in total. The number of hydrogen-bond donors (Lipinski definition) is 0. The molecular formula is C24H27FN2O5S2. The first-order valence-corrected chi connectivity index (χ1v) is 13.2. The highest BCUT2D eigenvalue weighted by molar-refractivity contribution is 8.19. The first-order valence-electron chi connectivity index (χ1n) is 10.9. The van der Waals surface area contributed by atoms with Crippen LogP contribution in [0.25, 0.3) is 6.08 Å².